The van der Waals surface area contributed by atoms with Crippen LogP contribution in [0.4, 0.5) is 0 Å². The molecule has 3 atom stereocenters. The van der Waals surface area contributed by atoms with Gasteiger partial charge in [0.15, 0.2) is 0 Å². The predicted molar refractivity (Wildman–Crippen MR) is 68.7 cm³/mol. The van der Waals surface area contributed by atoms with E-state index in [0.29, 0.717) is 12.0 Å². The van der Waals surface area contributed by atoms with Crippen LogP contribution in [-0.4, -0.2) is 37.9 Å². The lowest BCUT2D eigenvalue weighted by molar-refractivity contribution is -0.00588. The number of hydrogen-bond acceptors (Lipinski definition) is 3. The first-order valence-electron chi connectivity index (χ1n) is 6.28. The molecular weight excluding hydrogens is 244 g/mol. The maximum absolute atomic E-state index is 12.1. The summed E-state index contributed by atoms with van der Waals surface area (Å²) in [6.45, 7) is 1.88. The van der Waals surface area contributed by atoms with Gasteiger partial charge in [0.05, 0.1) is 23.8 Å². The summed E-state index contributed by atoms with van der Waals surface area (Å²) in [5.41, 5.74) is 1.55. The lowest BCUT2D eigenvalue weighted by Crippen LogP contribution is -2.56. The highest BCUT2D eigenvalue weighted by Crippen LogP contribution is 2.32. The number of aryl methyl sites for hydroxylation is 1. The summed E-state index contributed by atoms with van der Waals surface area (Å²) in [6, 6.07) is 1.54. The Labute approximate surface area is 110 Å². The van der Waals surface area contributed by atoms with Gasteiger partial charge in [0, 0.05) is 24.8 Å². The van der Waals surface area contributed by atoms with Crippen LogP contribution in [0.15, 0.2) is 30.9 Å². The number of carbonyl (C=O) groups is 1. The van der Waals surface area contributed by atoms with Crippen molar-refractivity contribution in [3.63, 3.8) is 0 Å². The fourth-order valence-corrected chi connectivity index (χ4v) is 2.51. The molecule has 2 heterocycles. The van der Waals surface area contributed by atoms with Gasteiger partial charge in [-0.15, -0.1) is 0 Å². The van der Waals surface area contributed by atoms with E-state index in [4.69, 9.17) is 0 Å². The molecule has 1 aliphatic carbocycles. The van der Waals surface area contributed by atoms with Crippen molar-refractivity contribution in [1.82, 2.24) is 20.1 Å². The highest BCUT2D eigenvalue weighted by atomic mass is 16.3. The summed E-state index contributed by atoms with van der Waals surface area (Å²) in [7, 11) is 0. The van der Waals surface area contributed by atoms with Gasteiger partial charge in [0.2, 0.25) is 0 Å². The van der Waals surface area contributed by atoms with Crippen LogP contribution in [0, 0.1) is 6.92 Å². The Bertz CT molecular complexity index is 575. The van der Waals surface area contributed by atoms with E-state index in [1.807, 2.05) is 6.92 Å². The highest BCUT2D eigenvalue weighted by molar-refractivity contribution is 5.95. The molecule has 0 radical (unpaired) electrons. The summed E-state index contributed by atoms with van der Waals surface area (Å²) in [5, 5.41) is 16.9. The Kier molecular flexibility index (Phi) is 2.87. The number of amides is 1. The summed E-state index contributed by atoms with van der Waals surface area (Å²) < 4.78 is 1.70. The molecule has 0 bridgehead atoms. The van der Waals surface area contributed by atoms with Crippen molar-refractivity contribution in [2.24, 2.45) is 0 Å². The zero-order valence-corrected chi connectivity index (χ0v) is 10.6. The zero-order valence-electron chi connectivity index (χ0n) is 10.6. The van der Waals surface area contributed by atoms with Crippen molar-refractivity contribution >= 4 is 5.91 Å². The van der Waals surface area contributed by atoms with Gasteiger partial charge in [-0.3, -0.25) is 9.48 Å². The molecule has 6 heteroatoms. The maximum Gasteiger partial charge on any atom is 0.253 e. The predicted octanol–water partition coefficient (Wildman–Crippen LogP) is 0.624. The van der Waals surface area contributed by atoms with Crippen molar-refractivity contribution in [2.75, 3.05) is 0 Å². The Morgan fingerprint density at radius 3 is 3.00 bits per heavy atom. The fourth-order valence-electron chi connectivity index (χ4n) is 2.51. The third-order valence-corrected chi connectivity index (χ3v) is 3.65. The molecule has 0 spiro atoms. The molecule has 1 fully saturated rings. The highest BCUT2D eigenvalue weighted by Gasteiger charge is 2.42. The van der Waals surface area contributed by atoms with Crippen LogP contribution in [0.25, 0.3) is 0 Å². The minimum Gasteiger partial charge on any atom is -0.391 e. The summed E-state index contributed by atoms with van der Waals surface area (Å²) in [5.74, 6) is -0.118. The van der Waals surface area contributed by atoms with Crippen molar-refractivity contribution in [2.45, 2.75) is 31.5 Å². The Morgan fingerprint density at radius 2 is 2.42 bits per heavy atom. The number of rotatable bonds is 3. The van der Waals surface area contributed by atoms with Crippen molar-refractivity contribution in [3.8, 4) is 0 Å². The first-order valence-corrected chi connectivity index (χ1v) is 6.28. The molecule has 6 nitrogen and oxygen atoms in total. The largest absolute Gasteiger partial charge is 0.391 e. The number of aromatic amines is 1. The van der Waals surface area contributed by atoms with Crippen LogP contribution in [0.5, 0.6) is 0 Å². The van der Waals surface area contributed by atoms with Gasteiger partial charge in [0.1, 0.15) is 0 Å². The smallest absolute Gasteiger partial charge is 0.253 e. The van der Waals surface area contributed by atoms with E-state index >= 15 is 0 Å². The lowest BCUT2D eigenvalue weighted by Gasteiger charge is -2.41. The van der Waals surface area contributed by atoms with Gasteiger partial charge in [-0.2, -0.15) is 5.10 Å². The van der Waals surface area contributed by atoms with Crippen LogP contribution in [0.1, 0.15) is 28.4 Å². The van der Waals surface area contributed by atoms with Crippen LogP contribution in [0.3, 0.4) is 0 Å². The zero-order chi connectivity index (χ0) is 13.4. The second-order valence-electron chi connectivity index (χ2n) is 4.91. The van der Waals surface area contributed by atoms with E-state index < -0.39 is 6.10 Å². The fraction of sp³-hybridized carbons (Fsp3) is 0.385. The number of nitrogens with zero attached hydrogens (tertiary/aromatic N) is 2. The SMILES string of the molecule is Cc1c[nH]cc1C(=O)NC1CC(O)C1n1cccn1. The molecule has 100 valence electrons. The molecule has 1 amide bonds. The van der Waals surface area contributed by atoms with Gasteiger partial charge in [0.25, 0.3) is 5.91 Å². The van der Waals surface area contributed by atoms with E-state index in [0.717, 1.165) is 5.56 Å². The second-order valence-corrected chi connectivity index (χ2v) is 4.91. The third kappa shape index (κ3) is 2.04. The molecule has 0 aromatic carbocycles. The van der Waals surface area contributed by atoms with Gasteiger partial charge < -0.3 is 15.4 Å². The number of hydrogen-bond donors (Lipinski definition) is 3. The van der Waals surface area contributed by atoms with Gasteiger partial charge in [-0.05, 0) is 25.0 Å². The van der Waals surface area contributed by atoms with E-state index in [2.05, 4.69) is 15.4 Å². The normalized spacial score (nSPS) is 25.9. The van der Waals surface area contributed by atoms with E-state index in [1.165, 1.54) is 0 Å². The molecule has 3 unspecified atom stereocenters. The molecule has 3 rings (SSSR count). The lowest BCUT2D eigenvalue weighted by atomic mass is 9.83. The Morgan fingerprint density at radius 1 is 1.58 bits per heavy atom. The standard InChI is InChI=1S/C13H16N4O2/c1-8-6-14-7-9(8)13(19)16-10-5-11(18)12(10)17-4-2-3-15-17/h2-4,6-7,10-12,14,18H,5H2,1H3,(H,16,19). The van der Waals surface area contributed by atoms with Gasteiger partial charge in [-0.1, -0.05) is 0 Å². The van der Waals surface area contributed by atoms with E-state index in [-0.39, 0.29) is 18.0 Å². The summed E-state index contributed by atoms with van der Waals surface area (Å²) in [4.78, 5) is 15.0. The minimum absolute atomic E-state index is 0.0864. The quantitative estimate of drug-likeness (QED) is 0.756. The van der Waals surface area contributed by atoms with Crippen molar-refractivity contribution in [1.29, 1.82) is 0 Å². The Balaban J connectivity index is 1.71. The molecular formula is C13H16N4O2. The maximum atomic E-state index is 12.1. The number of nitrogens with one attached hydrogen (secondary N) is 2. The minimum atomic E-state index is -0.461. The van der Waals surface area contributed by atoms with Crippen LogP contribution in [0.2, 0.25) is 0 Å². The van der Waals surface area contributed by atoms with Crippen molar-refractivity contribution < 1.29 is 9.90 Å². The first kappa shape index (κ1) is 12.0. The first-order chi connectivity index (χ1) is 9.16. The second kappa shape index (κ2) is 4.55. The molecule has 0 saturated heterocycles. The third-order valence-electron chi connectivity index (χ3n) is 3.65. The van der Waals surface area contributed by atoms with Gasteiger partial charge >= 0.3 is 0 Å². The van der Waals surface area contributed by atoms with Crippen LogP contribution < -0.4 is 5.32 Å². The summed E-state index contributed by atoms with van der Waals surface area (Å²) >= 11 is 0. The topological polar surface area (TPSA) is 82.9 Å². The van der Waals surface area contributed by atoms with E-state index in [9.17, 15) is 9.90 Å². The average molecular weight is 260 g/mol. The number of aliphatic hydroxyl groups excluding tert-OH is 1. The number of H-pyrrole nitrogens is 1. The molecule has 19 heavy (non-hydrogen) atoms. The van der Waals surface area contributed by atoms with E-state index in [1.54, 1.807) is 35.5 Å². The molecule has 2 aromatic heterocycles. The monoisotopic (exact) mass is 260 g/mol. The molecule has 1 aliphatic rings. The van der Waals surface area contributed by atoms with Crippen molar-refractivity contribution in [3.05, 3.63) is 42.0 Å². The number of aliphatic hydroxyl groups is 1. The van der Waals surface area contributed by atoms with Gasteiger partial charge in [-0.25, -0.2) is 0 Å². The van der Waals surface area contributed by atoms with Crippen LogP contribution in [-0.2, 0) is 0 Å². The summed E-state index contributed by atoms with van der Waals surface area (Å²) in [6.07, 6.45) is 7.03. The average Bonchev–Trinajstić information content (AvgIpc) is 2.99. The number of aromatic nitrogens is 3. The number of carbonyl (C=O) groups excluding carboxylic acids is 1. The molecule has 3 N–H and O–H groups in total. The van der Waals surface area contributed by atoms with Crippen LogP contribution >= 0.6 is 0 Å². The Hall–Kier alpha value is -2.08. The molecule has 0 aliphatic heterocycles. The molecule has 2 aromatic rings. The molecule has 1 saturated carbocycles.